The predicted molar refractivity (Wildman–Crippen MR) is 121 cm³/mol. The van der Waals surface area contributed by atoms with Gasteiger partial charge in [-0.1, -0.05) is 28.1 Å². The summed E-state index contributed by atoms with van der Waals surface area (Å²) in [5.41, 5.74) is 2.48. The second-order valence-corrected chi connectivity index (χ2v) is 6.77. The molecule has 0 aliphatic rings. The number of amides is 1. The first-order valence-electron chi connectivity index (χ1n) is 8.09. The first-order valence-corrected chi connectivity index (χ1v) is 8.89. The van der Waals surface area contributed by atoms with Gasteiger partial charge in [0, 0.05) is 44.3 Å². The average Bonchev–Trinajstić information content (AvgIpc) is 2.64. The van der Waals surface area contributed by atoms with Crippen molar-refractivity contribution in [1.29, 1.82) is 0 Å². The van der Waals surface area contributed by atoms with Gasteiger partial charge in [-0.15, -0.1) is 24.0 Å². The number of guanidine groups is 1. The topological polar surface area (TPSA) is 56.7 Å². The van der Waals surface area contributed by atoms with Gasteiger partial charge in [0.2, 0.25) is 0 Å². The molecule has 2 aromatic carbocycles. The lowest BCUT2D eigenvalue weighted by atomic mass is 10.1. The number of halogens is 3. The van der Waals surface area contributed by atoms with Gasteiger partial charge >= 0.3 is 0 Å². The van der Waals surface area contributed by atoms with Gasteiger partial charge < -0.3 is 15.5 Å². The number of carbonyl (C=O) groups is 1. The Hall–Kier alpha value is -1.68. The third-order valence-electron chi connectivity index (χ3n) is 3.74. The van der Waals surface area contributed by atoms with Gasteiger partial charge in [0.1, 0.15) is 5.82 Å². The van der Waals surface area contributed by atoms with E-state index < -0.39 is 0 Å². The number of hydrogen-bond donors (Lipinski definition) is 2. The highest BCUT2D eigenvalue weighted by Crippen LogP contribution is 2.17. The molecule has 2 N–H and O–H groups in total. The first-order chi connectivity index (χ1) is 12.4. The van der Waals surface area contributed by atoms with Crippen LogP contribution in [0.3, 0.4) is 0 Å². The average molecular weight is 549 g/mol. The third-order valence-corrected chi connectivity index (χ3v) is 4.52. The van der Waals surface area contributed by atoms with Gasteiger partial charge in [0.05, 0.1) is 0 Å². The molecule has 0 aliphatic carbocycles. The molecule has 0 radical (unpaired) electrons. The minimum absolute atomic E-state index is 0. The van der Waals surface area contributed by atoms with Crippen molar-refractivity contribution in [3.8, 4) is 0 Å². The van der Waals surface area contributed by atoms with E-state index in [2.05, 4.69) is 31.6 Å². The van der Waals surface area contributed by atoms with Crippen LogP contribution in [0.5, 0.6) is 0 Å². The molecule has 5 nitrogen and oxygen atoms in total. The fourth-order valence-corrected chi connectivity index (χ4v) is 2.67. The Morgan fingerprint density at radius 3 is 2.33 bits per heavy atom. The molecule has 0 saturated heterocycles. The third kappa shape index (κ3) is 7.10. The lowest BCUT2D eigenvalue weighted by Gasteiger charge is -2.14. The molecular weight excluding hydrogens is 526 g/mol. The second kappa shape index (κ2) is 11.2. The van der Waals surface area contributed by atoms with Crippen LogP contribution in [0.2, 0.25) is 0 Å². The number of aliphatic imine (C=N–C) groups is 1. The molecule has 0 spiro atoms. The summed E-state index contributed by atoms with van der Waals surface area (Å²) in [5, 5.41) is 6.35. The van der Waals surface area contributed by atoms with Crippen molar-refractivity contribution in [2.75, 3.05) is 21.1 Å². The summed E-state index contributed by atoms with van der Waals surface area (Å²) in [7, 11) is 5.13. The van der Waals surface area contributed by atoms with Crippen LogP contribution < -0.4 is 10.6 Å². The van der Waals surface area contributed by atoms with Gasteiger partial charge in [-0.05, 0) is 41.5 Å². The Bertz CT molecular complexity index is 797. The van der Waals surface area contributed by atoms with E-state index in [1.807, 2.05) is 12.1 Å². The van der Waals surface area contributed by atoms with Crippen molar-refractivity contribution < 1.29 is 9.18 Å². The summed E-state index contributed by atoms with van der Waals surface area (Å²) < 4.78 is 14.2. The monoisotopic (exact) mass is 548 g/mol. The van der Waals surface area contributed by atoms with E-state index in [1.165, 1.54) is 12.1 Å². The number of rotatable bonds is 5. The van der Waals surface area contributed by atoms with Crippen LogP contribution in [0.15, 0.2) is 51.9 Å². The van der Waals surface area contributed by atoms with Crippen LogP contribution in [-0.4, -0.2) is 37.9 Å². The van der Waals surface area contributed by atoms with E-state index in [0.29, 0.717) is 24.6 Å². The minimum atomic E-state index is -0.277. The molecule has 1 amide bonds. The maximum absolute atomic E-state index is 13.3. The zero-order chi connectivity index (χ0) is 19.1. The van der Waals surface area contributed by atoms with Gasteiger partial charge in [0.25, 0.3) is 5.91 Å². The fraction of sp³-hybridized carbons (Fsp3) is 0.263. The zero-order valence-electron chi connectivity index (χ0n) is 15.4. The molecule has 0 saturated carbocycles. The smallest absolute Gasteiger partial charge is 0.253 e. The molecule has 2 aromatic rings. The van der Waals surface area contributed by atoms with Crippen molar-refractivity contribution in [1.82, 2.24) is 15.5 Å². The summed E-state index contributed by atoms with van der Waals surface area (Å²) in [6.07, 6.45) is 0. The van der Waals surface area contributed by atoms with E-state index in [4.69, 9.17) is 0 Å². The van der Waals surface area contributed by atoms with Crippen molar-refractivity contribution in [2.24, 2.45) is 4.99 Å². The van der Waals surface area contributed by atoms with Crippen LogP contribution in [0.1, 0.15) is 21.5 Å². The van der Waals surface area contributed by atoms with Crippen LogP contribution in [0, 0.1) is 5.82 Å². The number of nitrogens with one attached hydrogen (secondary N) is 2. The second-order valence-electron chi connectivity index (χ2n) is 5.91. The first kappa shape index (κ1) is 23.4. The Labute approximate surface area is 184 Å². The highest BCUT2D eigenvalue weighted by molar-refractivity contribution is 14.0. The maximum atomic E-state index is 13.3. The standard InChI is InChI=1S/C19H22BrFN4O.HI/c1-22-19(24-12-15-10-16(21)8-9-17(15)20)23-11-13-4-6-14(7-5-13)18(26)25(2)3;/h4-10H,11-12H2,1-3H3,(H2,22,23,24);1H. The summed E-state index contributed by atoms with van der Waals surface area (Å²) in [6, 6.07) is 12.0. The molecule has 8 heteroatoms. The molecule has 0 heterocycles. The van der Waals surface area contributed by atoms with Crippen LogP contribution >= 0.6 is 39.9 Å². The lowest BCUT2D eigenvalue weighted by molar-refractivity contribution is 0.0827. The van der Waals surface area contributed by atoms with Crippen molar-refractivity contribution in [3.63, 3.8) is 0 Å². The molecular formula is C19H23BrFIN4O. The van der Waals surface area contributed by atoms with Crippen molar-refractivity contribution >= 4 is 51.8 Å². The van der Waals surface area contributed by atoms with Gasteiger partial charge in [-0.2, -0.15) is 0 Å². The summed E-state index contributed by atoms with van der Waals surface area (Å²) >= 11 is 3.41. The van der Waals surface area contributed by atoms with E-state index in [0.717, 1.165) is 15.6 Å². The van der Waals surface area contributed by atoms with Gasteiger partial charge in [-0.3, -0.25) is 9.79 Å². The summed E-state index contributed by atoms with van der Waals surface area (Å²) in [6.45, 7) is 0.995. The maximum Gasteiger partial charge on any atom is 0.253 e. The quantitative estimate of drug-likeness (QED) is 0.340. The normalized spacial score (nSPS) is 10.8. The Kier molecular flexibility index (Phi) is 9.71. The largest absolute Gasteiger partial charge is 0.352 e. The summed E-state index contributed by atoms with van der Waals surface area (Å²) in [5.74, 6) is 0.303. The molecule has 0 atom stereocenters. The summed E-state index contributed by atoms with van der Waals surface area (Å²) in [4.78, 5) is 17.6. The van der Waals surface area contributed by atoms with Crippen molar-refractivity contribution in [2.45, 2.75) is 13.1 Å². The van der Waals surface area contributed by atoms with E-state index in [1.54, 1.807) is 44.2 Å². The molecule has 0 fully saturated rings. The molecule has 2 rings (SSSR count). The number of nitrogens with zero attached hydrogens (tertiary/aromatic N) is 2. The van der Waals surface area contributed by atoms with Gasteiger partial charge in [-0.25, -0.2) is 4.39 Å². The van der Waals surface area contributed by atoms with E-state index >= 15 is 0 Å². The molecule has 27 heavy (non-hydrogen) atoms. The Balaban J connectivity index is 0.00000364. The van der Waals surface area contributed by atoms with Crippen molar-refractivity contribution in [3.05, 3.63) is 69.4 Å². The highest BCUT2D eigenvalue weighted by Gasteiger charge is 2.08. The Morgan fingerprint density at radius 1 is 1.11 bits per heavy atom. The highest BCUT2D eigenvalue weighted by atomic mass is 127. The molecule has 0 bridgehead atoms. The molecule has 0 aliphatic heterocycles. The zero-order valence-corrected chi connectivity index (χ0v) is 19.3. The number of carbonyl (C=O) groups excluding carboxylic acids is 1. The van der Waals surface area contributed by atoms with Gasteiger partial charge in [0.15, 0.2) is 5.96 Å². The molecule has 0 aromatic heterocycles. The fourth-order valence-electron chi connectivity index (χ4n) is 2.29. The molecule has 146 valence electrons. The Morgan fingerprint density at radius 2 is 1.74 bits per heavy atom. The number of hydrogen-bond acceptors (Lipinski definition) is 2. The van der Waals surface area contributed by atoms with E-state index in [-0.39, 0.29) is 35.7 Å². The minimum Gasteiger partial charge on any atom is -0.352 e. The number of benzene rings is 2. The molecule has 0 unspecified atom stereocenters. The predicted octanol–water partition coefficient (Wildman–Crippen LogP) is 3.77. The van der Waals surface area contributed by atoms with Crippen LogP contribution in [0.25, 0.3) is 0 Å². The van der Waals surface area contributed by atoms with Crippen LogP contribution in [-0.2, 0) is 13.1 Å². The van der Waals surface area contributed by atoms with Crippen LogP contribution in [0.4, 0.5) is 4.39 Å². The lowest BCUT2D eigenvalue weighted by Crippen LogP contribution is -2.36. The van der Waals surface area contributed by atoms with E-state index in [9.17, 15) is 9.18 Å². The SMILES string of the molecule is CN=C(NCc1ccc(C(=O)N(C)C)cc1)NCc1cc(F)ccc1Br.I.